The Bertz CT molecular complexity index is 532. The van der Waals surface area contributed by atoms with Crippen LogP contribution in [0.1, 0.15) is 38.2 Å². The number of benzene rings is 2. The van der Waals surface area contributed by atoms with Crippen LogP contribution in [0, 0.1) is 0 Å². The van der Waals surface area contributed by atoms with Gasteiger partial charge < -0.3 is 11.5 Å². The highest BCUT2D eigenvalue weighted by Gasteiger charge is 2.02. The number of nitrogens with two attached hydrogens (primary N) is 2. The molecule has 2 aromatic rings. The first kappa shape index (κ1) is 12.7. The second-order valence-electron chi connectivity index (χ2n) is 4.98. The molecule has 0 bridgehead atoms. The van der Waals surface area contributed by atoms with Gasteiger partial charge in [0.2, 0.25) is 0 Å². The van der Waals surface area contributed by atoms with E-state index in [-0.39, 0.29) is 0 Å². The monoisotopic (exact) mass is 242 g/mol. The molecule has 0 aliphatic heterocycles. The lowest BCUT2D eigenvalue weighted by atomic mass is 10.0. The molecule has 0 amide bonds. The quantitative estimate of drug-likeness (QED) is 0.612. The van der Waals surface area contributed by atoms with Crippen LogP contribution in [0.25, 0.3) is 10.8 Å². The van der Waals surface area contributed by atoms with Gasteiger partial charge in [-0.1, -0.05) is 38.3 Å². The number of hydrogen-bond acceptors (Lipinski definition) is 2. The molecule has 2 heteroatoms. The molecule has 2 nitrogen and oxygen atoms in total. The number of anilines is 2. The van der Waals surface area contributed by atoms with Crippen LogP contribution < -0.4 is 11.5 Å². The first-order valence-electron chi connectivity index (χ1n) is 6.78. The molecule has 0 saturated heterocycles. The van der Waals surface area contributed by atoms with Gasteiger partial charge in [-0.25, -0.2) is 0 Å². The molecule has 0 radical (unpaired) electrons. The Morgan fingerprint density at radius 3 is 2.56 bits per heavy atom. The fourth-order valence-electron chi connectivity index (χ4n) is 2.37. The molecule has 0 saturated carbocycles. The molecular weight excluding hydrogens is 220 g/mol. The van der Waals surface area contributed by atoms with Crippen molar-refractivity contribution in [1.29, 1.82) is 0 Å². The summed E-state index contributed by atoms with van der Waals surface area (Å²) in [5.41, 5.74) is 14.8. The minimum Gasteiger partial charge on any atom is -0.399 e. The third-order valence-electron chi connectivity index (χ3n) is 3.39. The van der Waals surface area contributed by atoms with Gasteiger partial charge in [-0.05, 0) is 42.0 Å². The van der Waals surface area contributed by atoms with E-state index >= 15 is 0 Å². The van der Waals surface area contributed by atoms with E-state index in [9.17, 15) is 0 Å². The molecule has 2 rings (SSSR count). The molecular formula is C16H22N2. The van der Waals surface area contributed by atoms with Crippen molar-refractivity contribution in [1.82, 2.24) is 0 Å². The van der Waals surface area contributed by atoms with Gasteiger partial charge in [0.15, 0.2) is 0 Å². The Morgan fingerprint density at radius 1 is 0.944 bits per heavy atom. The molecule has 0 aromatic heterocycles. The molecule has 0 unspecified atom stereocenters. The zero-order chi connectivity index (χ0) is 13.0. The smallest absolute Gasteiger partial charge is 0.0397 e. The normalized spacial score (nSPS) is 10.9. The van der Waals surface area contributed by atoms with Crippen molar-refractivity contribution in [3.63, 3.8) is 0 Å². The van der Waals surface area contributed by atoms with Crippen molar-refractivity contribution in [2.75, 3.05) is 11.5 Å². The maximum absolute atomic E-state index is 6.10. The first-order valence-corrected chi connectivity index (χ1v) is 6.78. The van der Waals surface area contributed by atoms with Gasteiger partial charge in [0.25, 0.3) is 0 Å². The summed E-state index contributed by atoms with van der Waals surface area (Å²) in [7, 11) is 0. The second-order valence-corrected chi connectivity index (χ2v) is 4.98. The molecule has 0 spiro atoms. The summed E-state index contributed by atoms with van der Waals surface area (Å²) in [6.07, 6.45) is 6.26. The van der Waals surface area contributed by atoms with Crippen LogP contribution in [0.5, 0.6) is 0 Å². The lowest BCUT2D eigenvalue weighted by Crippen LogP contribution is -1.93. The van der Waals surface area contributed by atoms with Crippen molar-refractivity contribution in [2.45, 2.75) is 39.0 Å². The first-order chi connectivity index (χ1) is 8.70. The summed E-state index contributed by atoms with van der Waals surface area (Å²) < 4.78 is 0. The summed E-state index contributed by atoms with van der Waals surface area (Å²) in [4.78, 5) is 0. The zero-order valence-electron chi connectivity index (χ0n) is 11.1. The maximum atomic E-state index is 6.10. The fourth-order valence-corrected chi connectivity index (χ4v) is 2.37. The number of rotatable bonds is 5. The predicted octanol–water partition coefficient (Wildman–Crippen LogP) is 4.13. The molecule has 0 atom stereocenters. The van der Waals surface area contributed by atoms with Crippen molar-refractivity contribution >= 4 is 22.1 Å². The topological polar surface area (TPSA) is 52.0 Å². The molecule has 18 heavy (non-hydrogen) atoms. The van der Waals surface area contributed by atoms with Crippen LogP contribution in [0.4, 0.5) is 11.4 Å². The van der Waals surface area contributed by atoms with Gasteiger partial charge in [0.1, 0.15) is 0 Å². The summed E-state index contributed by atoms with van der Waals surface area (Å²) in [5.74, 6) is 0. The van der Waals surface area contributed by atoms with Gasteiger partial charge in [-0.3, -0.25) is 0 Å². The average Bonchev–Trinajstić information content (AvgIpc) is 2.36. The van der Waals surface area contributed by atoms with Crippen LogP contribution in [-0.2, 0) is 6.42 Å². The van der Waals surface area contributed by atoms with Crippen molar-refractivity contribution < 1.29 is 0 Å². The Kier molecular flexibility index (Phi) is 4.08. The van der Waals surface area contributed by atoms with E-state index in [4.69, 9.17) is 11.5 Å². The number of hydrogen-bond donors (Lipinski definition) is 2. The van der Waals surface area contributed by atoms with Gasteiger partial charge >= 0.3 is 0 Å². The van der Waals surface area contributed by atoms with Crippen molar-refractivity contribution in [2.24, 2.45) is 0 Å². The van der Waals surface area contributed by atoms with Crippen LogP contribution >= 0.6 is 0 Å². The largest absolute Gasteiger partial charge is 0.399 e. The van der Waals surface area contributed by atoms with Gasteiger partial charge in [0.05, 0.1) is 0 Å². The molecule has 2 aromatic carbocycles. The number of unbranched alkanes of at least 4 members (excludes halogenated alkanes) is 3. The van der Waals surface area contributed by atoms with Crippen LogP contribution in [0.15, 0.2) is 30.3 Å². The Labute approximate surface area is 109 Å². The second kappa shape index (κ2) is 5.76. The molecule has 0 aliphatic rings. The van der Waals surface area contributed by atoms with Gasteiger partial charge in [0, 0.05) is 16.8 Å². The van der Waals surface area contributed by atoms with E-state index < -0.39 is 0 Å². The Balaban J connectivity index is 2.18. The number of fused-ring (bicyclic) bond motifs is 1. The molecule has 0 aliphatic carbocycles. The van der Waals surface area contributed by atoms with E-state index in [1.165, 1.54) is 36.6 Å². The highest BCUT2D eigenvalue weighted by molar-refractivity contribution is 5.95. The molecule has 0 fully saturated rings. The molecule has 96 valence electrons. The molecule has 4 N–H and O–H groups in total. The highest BCUT2D eigenvalue weighted by Crippen LogP contribution is 2.26. The van der Waals surface area contributed by atoms with Crippen LogP contribution in [-0.4, -0.2) is 0 Å². The molecule has 0 heterocycles. The minimum atomic E-state index is 0.768. The van der Waals surface area contributed by atoms with Crippen LogP contribution in [0.3, 0.4) is 0 Å². The third-order valence-corrected chi connectivity index (χ3v) is 3.39. The van der Waals surface area contributed by atoms with Gasteiger partial charge in [-0.2, -0.15) is 0 Å². The third kappa shape index (κ3) is 2.95. The summed E-state index contributed by atoms with van der Waals surface area (Å²) in [5, 5.41) is 2.25. The zero-order valence-corrected chi connectivity index (χ0v) is 11.1. The van der Waals surface area contributed by atoms with Crippen molar-refractivity contribution in [3.8, 4) is 0 Å². The van der Waals surface area contributed by atoms with E-state index in [0.717, 1.165) is 23.2 Å². The highest BCUT2D eigenvalue weighted by atomic mass is 14.6. The van der Waals surface area contributed by atoms with Crippen molar-refractivity contribution in [3.05, 3.63) is 35.9 Å². The Morgan fingerprint density at radius 2 is 1.78 bits per heavy atom. The SMILES string of the molecule is CCCCCCc1cc(N)c2cc(N)ccc2c1. The fraction of sp³-hybridized carbons (Fsp3) is 0.375. The summed E-state index contributed by atoms with van der Waals surface area (Å²) >= 11 is 0. The van der Waals surface area contributed by atoms with E-state index in [0.29, 0.717) is 0 Å². The van der Waals surface area contributed by atoms with Gasteiger partial charge in [-0.15, -0.1) is 0 Å². The number of nitrogen functional groups attached to an aromatic ring is 2. The Hall–Kier alpha value is -1.70. The number of aryl methyl sites for hydroxylation is 1. The summed E-state index contributed by atoms with van der Waals surface area (Å²) in [6, 6.07) is 10.3. The standard InChI is InChI=1S/C16H22N2/c1-2-3-4-5-6-12-9-13-7-8-14(17)11-15(13)16(18)10-12/h7-11H,2-6,17-18H2,1H3. The average molecular weight is 242 g/mol. The maximum Gasteiger partial charge on any atom is 0.0397 e. The predicted molar refractivity (Wildman–Crippen MR) is 80.6 cm³/mol. The summed E-state index contributed by atoms with van der Waals surface area (Å²) in [6.45, 7) is 2.23. The van der Waals surface area contributed by atoms with E-state index in [1.807, 2.05) is 12.1 Å². The van der Waals surface area contributed by atoms with Crippen LogP contribution in [0.2, 0.25) is 0 Å². The minimum absolute atomic E-state index is 0.768. The van der Waals surface area contributed by atoms with E-state index in [1.54, 1.807) is 0 Å². The lowest BCUT2D eigenvalue weighted by Gasteiger charge is -2.08. The lowest BCUT2D eigenvalue weighted by molar-refractivity contribution is 0.667. The van der Waals surface area contributed by atoms with E-state index in [2.05, 4.69) is 25.1 Å².